The molecule has 0 saturated carbocycles. The van der Waals surface area contributed by atoms with Gasteiger partial charge in [0.25, 0.3) is 0 Å². The molecule has 0 aliphatic carbocycles. The van der Waals surface area contributed by atoms with Gasteiger partial charge in [0.2, 0.25) is 5.91 Å². The lowest BCUT2D eigenvalue weighted by molar-refractivity contribution is -0.118. The van der Waals surface area contributed by atoms with E-state index < -0.39 is 0 Å². The average molecular weight is 435 g/mol. The molecular weight excluding hydrogens is 408 g/mol. The number of benzene rings is 2. The van der Waals surface area contributed by atoms with Gasteiger partial charge < -0.3 is 9.15 Å². The van der Waals surface area contributed by atoms with Crippen LogP contribution in [0.2, 0.25) is 0 Å². The SMILES string of the molecule is CCOc1cccc2sc(N(Cc3ccco3)C(=O)Cc3c(C)cc(C)cc3C)nc12. The number of aryl methyl sites for hydroxylation is 3. The van der Waals surface area contributed by atoms with Crippen LogP contribution in [0, 0.1) is 20.8 Å². The number of amides is 1. The second kappa shape index (κ2) is 8.94. The molecule has 0 atom stereocenters. The van der Waals surface area contributed by atoms with Crippen molar-refractivity contribution in [1.29, 1.82) is 0 Å². The van der Waals surface area contributed by atoms with Gasteiger partial charge in [-0.3, -0.25) is 9.69 Å². The third-order valence-electron chi connectivity index (χ3n) is 5.26. The summed E-state index contributed by atoms with van der Waals surface area (Å²) in [6.45, 7) is 9.04. The third kappa shape index (κ3) is 4.49. The molecular formula is C25H26N2O3S. The molecule has 2 aromatic heterocycles. The van der Waals surface area contributed by atoms with Crippen molar-refractivity contribution in [2.45, 2.75) is 40.7 Å². The summed E-state index contributed by atoms with van der Waals surface area (Å²) in [5.74, 6) is 1.44. The minimum absolute atomic E-state index is 0.0107. The zero-order valence-electron chi connectivity index (χ0n) is 18.3. The molecule has 1 amide bonds. The van der Waals surface area contributed by atoms with Crippen LogP contribution in [-0.4, -0.2) is 17.5 Å². The van der Waals surface area contributed by atoms with Crippen LogP contribution in [0.4, 0.5) is 5.13 Å². The standard InChI is InChI=1S/C25H26N2O3S/c1-5-29-21-9-6-10-22-24(21)26-25(31-22)27(15-19-8-7-11-30-19)23(28)14-20-17(3)12-16(2)13-18(20)4/h6-13H,5,14-15H2,1-4H3. The predicted molar refractivity (Wildman–Crippen MR) is 125 cm³/mol. The van der Waals surface area contributed by atoms with E-state index in [1.165, 1.54) is 16.9 Å². The topological polar surface area (TPSA) is 55.6 Å². The van der Waals surface area contributed by atoms with E-state index in [1.807, 2.05) is 37.3 Å². The number of hydrogen-bond donors (Lipinski definition) is 0. The third-order valence-corrected chi connectivity index (χ3v) is 6.31. The van der Waals surface area contributed by atoms with Gasteiger partial charge in [-0.15, -0.1) is 0 Å². The van der Waals surface area contributed by atoms with Gasteiger partial charge in [-0.05, 0) is 68.7 Å². The fourth-order valence-corrected chi connectivity index (χ4v) is 4.85. The summed E-state index contributed by atoms with van der Waals surface area (Å²) in [5, 5.41) is 0.644. The summed E-state index contributed by atoms with van der Waals surface area (Å²) in [7, 11) is 0. The molecule has 0 unspecified atom stereocenters. The van der Waals surface area contributed by atoms with Crippen LogP contribution in [0.15, 0.2) is 53.1 Å². The zero-order valence-corrected chi connectivity index (χ0v) is 19.1. The maximum atomic E-state index is 13.5. The molecule has 0 aliphatic heterocycles. The van der Waals surface area contributed by atoms with E-state index in [0.717, 1.165) is 38.4 Å². The minimum Gasteiger partial charge on any atom is -0.492 e. The number of nitrogens with zero attached hydrogens (tertiary/aromatic N) is 2. The van der Waals surface area contributed by atoms with E-state index in [0.29, 0.717) is 24.7 Å². The Kier molecular flexibility index (Phi) is 6.09. The average Bonchev–Trinajstić information content (AvgIpc) is 3.39. The van der Waals surface area contributed by atoms with Crippen molar-refractivity contribution in [2.24, 2.45) is 0 Å². The van der Waals surface area contributed by atoms with Gasteiger partial charge in [-0.25, -0.2) is 4.98 Å². The van der Waals surface area contributed by atoms with Gasteiger partial charge in [0.1, 0.15) is 17.0 Å². The van der Waals surface area contributed by atoms with Crippen LogP contribution >= 0.6 is 11.3 Å². The molecule has 6 heteroatoms. The highest BCUT2D eigenvalue weighted by atomic mass is 32.1. The molecule has 0 bridgehead atoms. The maximum absolute atomic E-state index is 13.5. The summed E-state index contributed by atoms with van der Waals surface area (Å²) in [4.78, 5) is 20.0. The van der Waals surface area contributed by atoms with Crippen LogP contribution in [-0.2, 0) is 17.8 Å². The normalized spacial score (nSPS) is 11.1. The lowest BCUT2D eigenvalue weighted by Crippen LogP contribution is -2.32. The van der Waals surface area contributed by atoms with E-state index >= 15 is 0 Å². The Morgan fingerprint density at radius 2 is 1.90 bits per heavy atom. The van der Waals surface area contributed by atoms with Crippen LogP contribution < -0.4 is 9.64 Å². The molecule has 4 aromatic rings. The van der Waals surface area contributed by atoms with Gasteiger partial charge in [0, 0.05) is 0 Å². The summed E-state index contributed by atoms with van der Waals surface area (Å²) >= 11 is 1.49. The van der Waals surface area contributed by atoms with Crippen molar-refractivity contribution >= 4 is 32.6 Å². The Labute approximate surface area is 186 Å². The molecule has 5 nitrogen and oxygen atoms in total. The molecule has 0 fully saturated rings. The van der Waals surface area contributed by atoms with Crippen molar-refractivity contribution in [3.05, 3.63) is 76.7 Å². The fourth-order valence-electron chi connectivity index (χ4n) is 3.86. The molecule has 4 rings (SSSR count). The van der Waals surface area contributed by atoms with Crippen LogP contribution in [0.3, 0.4) is 0 Å². The first-order valence-electron chi connectivity index (χ1n) is 10.4. The Hall–Kier alpha value is -3.12. The first-order valence-corrected chi connectivity index (χ1v) is 11.2. The van der Waals surface area contributed by atoms with E-state index in [2.05, 4.69) is 32.9 Å². The zero-order chi connectivity index (χ0) is 22.0. The molecule has 0 radical (unpaired) electrons. The monoisotopic (exact) mass is 434 g/mol. The molecule has 2 heterocycles. The highest BCUT2D eigenvalue weighted by Gasteiger charge is 2.23. The molecule has 160 valence electrons. The number of carbonyl (C=O) groups excluding carboxylic acids is 1. The minimum atomic E-state index is -0.0107. The van der Waals surface area contributed by atoms with E-state index in [9.17, 15) is 4.79 Å². The summed E-state index contributed by atoms with van der Waals surface area (Å²) in [6, 6.07) is 13.8. The highest BCUT2D eigenvalue weighted by molar-refractivity contribution is 7.22. The number of carbonyl (C=O) groups is 1. The predicted octanol–water partition coefficient (Wildman–Crippen LogP) is 5.99. The van der Waals surface area contributed by atoms with Crippen LogP contribution in [0.1, 0.15) is 34.9 Å². The summed E-state index contributed by atoms with van der Waals surface area (Å²) in [6.07, 6.45) is 1.94. The smallest absolute Gasteiger partial charge is 0.233 e. The highest BCUT2D eigenvalue weighted by Crippen LogP contribution is 2.35. The van der Waals surface area contributed by atoms with Crippen molar-refractivity contribution in [3.8, 4) is 5.75 Å². The number of hydrogen-bond acceptors (Lipinski definition) is 5. The molecule has 2 aromatic carbocycles. The second-order valence-corrected chi connectivity index (χ2v) is 8.65. The van der Waals surface area contributed by atoms with Gasteiger partial charge in [0.15, 0.2) is 5.13 Å². The number of fused-ring (bicyclic) bond motifs is 1. The largest absolute Gasteiger partial charge is 0.492 e. The molecule has 0 saturated heterocycles. The summed E-state index contributed by atoms with van der Waals surface area (Å²) in [5.41, 5.74) is 5.31. The molecule has 0 spiro atoms. The van der Waals surface area contributed by atoms with Crippen LogP contribution in [0.25, 0.3) is 10.2 Å². The van der Waals surface area contributed by atoms with E-state index in [-0.39, 0.29) is 5.91 Å². The maximum Gasteiger partial charge on any atom is 0.233 e. The first-order chi connectivity index (χ1) is 15.0. The Balaban J connectivity index is 1.72. The second-order valence-electron chi connectivity index (χ2n) is 7.65. The number of para-hydroxylation sites is 1. The number of furan rings is 1. The molecule has 0 aliphatic rings. The Bertz CT molecular complexity index is 1190. The van der Waals surface area contributed by atoms with Crippen molar-refractivity contribution < 1.29 is 13.9 Å². The number of ether oxygens (including phenoxy) is 1. The quantitative estimate of drug-likeness (QED) is 0.359. The summed E-state index contributed by atoms with van der Waals surface area (Å²) < 4.78 is 12.3. The van der Waals surface area contributed by atoms with Crippen LogP contribution in [0.5, 0.6) is 5.75 Å². The van der Waals surface area contributed by atoms with Gasteiger partial charge in [-0.2, -0.15) is 0 Å². The lowest BCUT2D eigenvalue weighted by Gasteiger charge is -2.20. The molecule has 0 N–H and O–H groups in total. The Morgan fingerprint density at radius 1 is 1.13 bits per heavy atom. The van der Waals surface area contributed by atoms with Gasteiger partial charge in [-0.1, -0.05) is 35.1 Å². The fraction of sp³-hybridized carbons (Fsp3) is 0.280. The van der Waals surface area contributed by atoms with E-state index in [4.69, 9.17) is 14.1 Å². The number of rotatable bonds is 7. The van der Waals surface area contributed by atoms with Gasteiger partial charge in [0.05, 0.1) is 30.5 Å². The first kappa shape index (κ1) is 21.1. The van der Waals surface area contributed by atoms with Crippen molar-refractivity contribution in [1.82, 2.24) is 4.98 Å². The van der Waals surface area contributed by atoms with E-state index in [1.54, 1.807) is 11.2 Å². The molecule has 31 heavy (non-hydrogen) atoms. The number of aromatic nitrogens is 1. The van der Waals surface area contributed by atoms with Gasteiger partial charge >= 0.3 is 0 Å². The number of thiazole rings is 1. The van der Waals surface area contributed by atoms with Crippen molar-refractivity contribution in [2.75, 3.05) is 11.5 Å². The number of anilines is 1. The Morgan fingerprint density at radius 3 is 2.58 bits per heavy atom. The lowest BCUT2D eigenvalue weighted by atomic mass is 9.97. The van der Waals surface area contributed by atoms with Crippen molar-refractivity contribution in [3.63, 3.8) is 0 Å².